The number of likely N-dealkylation sites (tertiary alicyclic amines) is 1. The third-order valence-corrected chi connectivity index (χ3v) is 4.01. The maximum atomic E-state index is 3.72. The van der Waals surface area contributed by atoms with Crippen LogP contribution in [0.1, 0.15) is 32.3 Å². The Balaban J connectivity index is 1.83. The maximum Gasteiger partial charge on any atom is 0.0345 e. The molecule has 0 amide bonds. The molecule has 1 aliphatic heterocycles. The summed E-state index contributed by atoms with van der Waals surface area (Å²) < 4.78 is 0. The summed E-state index contributed by atoms with van der Waals surface area (Å²) in [5.41, 5.74) is 2.65. The summed E-state index contributed by atoms with van der Waals surface area (Å²) in [5, 5.41) is 3.72. The lowest BCUT2D eigenvalue weighted by molar-refractivity contribution is 0.198. The number of nitrogens with zero attached hydrogens (tertiary/aromatic N) is 2. The molecule has 0 aliphatic carbocycles. The van der Waals surface area contributed by atoms with E-state index in [1.165, 1.54) is 43.7 Å². The van der Waals surface area contributed by atoms with Gasteiger partial charge in [0.2, 0.25) is 0 Å². The minimum atomic E-state index is 0.628. The van der Waals surface area contributed by atoms with Gasteiger partial charge in [0, 0.05) is 37.9 Å². The Morgan fingerprint density at radius 1 is 1.24 bits per heavy atom. The fraction of sp³-hybridized carbons (Fsp3) is 0.667. The van der Waals surface area contributed by atoms with Crippen LogP contribution in [0.4, 0.5) is 5.69 Å². The zero-order valence-electron chi connectivity index (χ0n) is 14.1. The van der Waals surface area contributed by atoms with Gasteiger partial charge in [-0.2, -0.15) is 0 Å². The molecule has 0 atom stereocenters. The third kappa shape index (κ3) is 5.68. The van der Waals surface area contributed by atoms with Gasteiger partial charge in [0.25, 0.3) is 0 Å². The molecule has 0 saturated carbocycles. The summed E-state index contributed by atoms with van der Waals surface area (Å²) in [7, 11) is 4.23. The molecule has 1 aliphatic rings. The lowest BCUT2D eigenvalue weighted by Gasteiger charge is -2.33. The van der Waals surface area contributed by atoms with E-state index in [-0.39, 0.29) is 0 Å². The molecule has 0 aromatic heterocycles. The smallest absolute Gasteiger partial charge is 0.0345 e. The topological polar surface area (TPSA) is 18.5 Å². The summed E-state index contributed by atoms with van der Waals surface area (Å²) in [6.45, 7) is 9.31. The molecule has 3 nitrogen and oxygen atoms in total. The number of anilines is 1. The number of benzene rings is 1. The van der Waals surface area contributed by atoms with Crippen molar-refractivity contribution in [1.82, 2.24) is 9.80 Å². The molecule has 2 rings (SSSR count). The molecule has 118 valence electrons. The van der Waals surface area contributed by atoms with Crippen molar-refractivity contribution in [2.24, 2.45) is 5.92 Å². The highest BCUT2D eigenvalue weighted by Crippen LogP contribution is 2.18. The fourth-order valence-electron chi connectivity index (χ4n) is 3.14. The van der Waals surface area contributed by atoms with E-state index >= 15 is 0 Å². The average Bonchev–Trinajstić information content (AvgIpc) is 2.40. The Morgan fingerprint density at radius 2 is 1.95 bits per heavy atom. The van der Waals surface area contributed by atoms with Gasteiger partial charge in [-0.1, -0.05) is 26.0 Å². The minimum absolute atomic E-state index is 0.628. The molecule has 1 N–H and O–H groups in total. The second-order valence-corrected chi connectivity index (χ2v) is 7.05. The minimum Gasteiger partial charge on any atom is -0.382 e. The molecule has 21 heavy (non-hydrogen) atoms. The van der Waals surface area contributed by atoms with Gasteiger partial charge in [-0.3, -0.25) is 0 Å². The van der Waals surface area contributed by atoms with Crippen LogP contribution in [0.5, 0.6) is 0 Å². The van der Waals surface area contributed by atoms with Crippen LogP contribution in [-0.4, -0.2) is 49.6 Å². The predicted molar refractivity (Wildman–Crippen MR) is 91.8 cm³/mol. The lowest BCUT2D eigenvalue weighted by Crippen LogP contribution is -2.40. The summed E-state index contributed by atoms with van der Waals surface area (Å²) in [6, 6.07) is 9.48. The quantitative estimate of drug-likeness (QED) is 0.867. The summed E-state index contributed by atoms with van der Waals surface area (Å²) >= 11 is 0. The fourth-order valence-corrected chi connectivity index (χ4v) is 3.14. The number of hydrogen-bond donors (Lipinski definition) is 1. The molecule has 3 heteroatoms. The highest BCUT2D eigenvalue weighted by molar-refractivity contribution is 5.46. The summed E-state index contributed by atoms with van der Waals surface area (Å²) in [5.74, 6) is 0.775. The average molecular weight is 289 g/mol. The molecule has 0 unspecified atom stereocenters. The van der Waals surface area contributed by atoms with Crippen LogP contribution >= 0.6 is 0 Å². The Morgan fingerprint density at radius 3 is 2.57 bits per heavy atom. The molecule has 1 fully saturated rings. The third-order valence-electron chi connectivity index (χ3n) is 4.01. The second kappa shape index (κ2) is 7.81. The Labute approximate surface area is 130 Å². The first kappa shape index (κ1) is 16.3. The van der Waals surface area contributed by atoms with Crippen LogP contribution in [0.15, 0.2) is 24.3 Å². The van der Waals surface area contributed by atoms with E-state index < -0.39 is 0 Å². The zero-order chi connectivity index (χ0) is 15.2. The van der Waals surface area contributed by atoms with Gasteiger partial charge in [0.1, 0.15) is 0 Å². The molecule has 0 spiro atoms. The molecule has 1 aromatic carbocycles. The first-order valence-corrected chi connectivity index (χ1v) is 8.25. The predicted octanol–water partition coefficient (Wildman–Crippen LogP) is 3.28. The van der Waals surface area contributed by atoms with Crippen molar-refractivity contribution in [1.29, 1.82) is 0 Å². The second-order valence-electron chi connectivity index (χ2n) is 7.05. The van der Waals surface area contributed by atoms with Gasteiger partial charge >= 0.3 is 0 Å². The SMILES string of the molecule is CC(C)CN1CCC(Nc2cccc(CN(C)C)c2)CC1. The van der Waals surface area contributed by atoms with Crippen LogP contribution in [-0.2, 0) is 6.54 Å². The molecule has 1 aromatic rings. The van der Waals surface area contributed by atoms with Crippen molar-refractivity contribution in [3.8, 4) is 0 Å². The van der Waals surface area contributed by atoms with Gasteiger partial charge in [-0.25, -0.2) is 0 Å². The normalized spacial score (nSPS) is 17.6. The highest BCUT2D eigenvalue weighted by Gasteiger charge is 2.19. The van der Waals surface area contributed by atoms with Crippen molar-refractivity contribution in [2.75, 3.05) is 39.0 Å². The van der Waals surface area contributed by atoms with Gasteiger partial charge in [-0.05, 0) is 50.6 Å². The number of nitrogens with one attached hydrogen (secondary N) is 1. The molecule has 0 radical (unpaired) electrons. The largest absolute Gasteiger partial charge is 0.382 e. The van der Waals surface area contributed by atoms with E-state index in [4.69, 9.17) is 0 Å². The summed E-state index contributed by atoms with van der Waals surface area (Å²) in [4.78, 5) is 4.81. The maximum absolute atomic E-state index is 3.72. The monoisotopic (exact) mass is 289 g/mol. The number of rotatable bonds is 6. The van der Waals surface area contributed by atoms with Gasteiger partial charge in [-0.15, -0.1) is 0 Å². The lowest BCUT2D eigenvalue weighted by atomic mass is 10.0. The number of hydrogen-bond acceptors (Lipinski definition) is 3. The van der Waals surface area contributed by atoms with Gasteiger partial charge in [0.15, 0.2) is 0 Å². The molecule has 1 saturated heterocycles. The van der Waals surface area contributed by atoms with Gasteiger partial charge < -0.3 is 15.1 Å². The van der Waals surface area contributed by atoms with E-state index in [0.29, 0.717) is 6.04 Å². The van der Waals surface area contributed by atoms with Crippen LogP contribution in [0.25, 0.3) is 0 Å². The van der Waals surface area contributed by atoms with Gasteiger partial charge in [0.05, 0.1) is 0 Å². The Hall–Kier alpha value is -1.06. The van der Waals surface area contributed by atoms with Crippen molar-refractivity contribution < 1.29 is 0 Å². The Kier molecular flexibility index (Phi) is 6.07. The molecular formula is C18H31N3. The number of piperidine rings is 1. The van der Waals surface area contributed by atoms with Crippen LogP contribution in [0.2, 0.25) is 0 Å². The molecule has 0 bridgehead atoms. The van der Waals surface area contributed by atoms with E-state index in [1.54, 1.807) is 0 Å². The van der Waals surface area contributed by atoms with Crippen molar-refractivity contribution >= 4 is 5.69 Å². The Bertz CT molecular complexity index is 420. The standard InChI is InChI=1S/C18H31N3/c1-15(2)13-21-10-8-17(9-11-21)19-18-7-5-6-16(12-18)14-20(3)4/h5-7,12,15,17,19H,8-11,13-14H2,1-4H3. The molecule has 1 heterocycles. The van der Waals surface area contributed by atoms with Crippen molar-refractivity contribution in [2.45, 2.75) is 39.3 Å². The zero-order valence-corrected chi connectivity index (χ0v) is 14.1. The first-order valence-electron chi connectivity index (χ1n) is 8.25. The van der Waals surface area contributed by atoms with E-state index in [1.807, 2.05) is 0 Å². The van der Waals surface area contributed by atoms with Crippen LogP contribution < -0.4 is 5.32 Å². The highest BCUT2D eigenvalue weighted by atomic mass is 15.1. The summed E-state index contributed by atoms with van der Waals surface area (Å²) in [6.07, 6.45) is 2.51. The van der Waals surface area contributed by atoms with Crippen molar-refractivity contribution in [3.63, 3.8) is 0 Å². The van der Waals surface area contributed by atoms with Crippen LogP contribution in [0, 0.1) is 5.92 Å². The van der Waals surface area contributed by atoms with Crippen molar-refractivity contribution in [3.05, 3.63) is 29.8 Å². The van der Waals surface area contributed by atoms with E-state index in [9.17, 15) is 0 Å². The van der Waals surface area contributed by atoms with Crippen LogP contribution in [0.3, 0.4) is 0 Å². The molecular weight excluding hydrogens is 258 g/mol. The van der Waals surface area contributed by atoms with E-state index in [2.05, 4.69) is 67.3 Å². The van der Waals surface area contributed by atoms with E-state index in [0.717, 1.165) is 12.5 Å². The first-order chi connectivity index (χ1) is 10.0.